The summed E-state index contributed by atoms with van der Waals surface area (Å²) in [7, 11) is 1.77. The summed E-state index contributed by atoms with van der Waals surface area (Å²) >= 11 is 0. The number of aromatic nitrogens is 2. The van der Waals surface area contributed by atoms with Crippen molar-refractivity contribution < 1.29 is 18.0 Å². The van der Waals surface area contributed by atoms with Crippen LogP contribution in [0.5, 0.6) is 0 Å². The number of nitrogens with one attached hydrogen (secondary N) is 2. The summed E-state index contributed by atoms with van der Waals surface area (Å²) in [6.45, 7) is 2.06. The number of carbonyl (C=O) groups is 1. The Morgan fingerprint density at radius 1 is 1.26 bits per heavy atom. The molecule has 0 spiro atoms. The van der Waals surface area contributed by atoms with Crippen molar-refractivity contribution in [1.29, 1.82) is 0 Å². The van der Waals surface area contributed by atoms with Gasteiger partial charge in [-0.05, 0) is 30.2 Å². The number of carbonyl (C=O) groups excluding carboxylic acids is 1. The van der Waals surface area contributed by atoms with Gasteiger partial charge in [0.2, 0.25) is 0 Å². The lowest BCUT2D eigenvalue weighted by Crippen LogP contribution is -2.34. The monoisotopic (exact) mass is 326 g/mol. The molecule has 0 atom stereocenters. The van der Waals surface area contributed by atoms with Gasteiger partial charge in [-0.25, -0.2) is 4.79 Å². The molecular formula is C15H17F3N4O. The van der Waals surface area contributed by atoms with E-state index in [0.717, 1.165) is 17.7 Å². The quantitative estimate of drug-likeness (QED) is 0.908. The summed E-state index contributed by atoms with van der Waals surface area (Å²) in [6.07, 6.45) is -0.946. The Kier molecular flexibility index (Phi) is 4.92. The van der Waals surface area contributed by atoms with E-state index in [4.69, 9.17) is 0 Å². The van der Waals surface area contributed by atoms with Crippen LogP contribution < -0.4 is 10.6 Å². The number of amides is 2. The molecule has 0 aliphatic rings. The van der Waals surface area contributed by atoms with Gasteiger partial charge in [-0.2, -0.15) is 18.3 Å². The lowest BCUT2D eigenvalue weighted by Gasteiger charge is -2.12. The van der Waals surface area contributed by atoms with Crippen molar-refractivity contribution in [2.45, 2.75) is 26.2 Å². The second kappa shape index (κ2) is 6.72. The maximum Gasteiger partial charge on any atom is 0.416 e. The van der Waals surface area contributed by atoms with Crippen LogP contribution in [0.2, 0.25) is 0 Å². The second-order valence-electron chi connectivity index (χ2n) is 5.20. The van der Waals surface area contributed by atoms with Gasteiger partial charge in [0.25, 0.3) is 0 Å². The summed E-state index contributed by atoms with van der Waals surface area (Å²) in [6, 6.07) is 3.06. The molecule has 8 heteroatoms. The summed E-state index contributed by atoms with van der Waals surface area (Å²) in [4.78, 5) is 11.7. The van der Waals surface area contributed by atoms with E-state index in [2.05, 4.69) is 15.7 Å². The van der Waals surface area contributed by atoms with Crippen molar-refractivity contribution in [3.8, 4) is 0 Å². The van der Waals surface area contributed by atoms with Crippen LogP contribution in [0.1, 0.15) is 22.3 Å². The van der Waals surface area contributed by atoms with Crippen molar-refractivity contribution in [3.05, 3.63) is 52.8 Å². The molecule has 0 aliphatic carbocycles. The fraction of sp³-hybridized carbons (Fsp3) is 0.333. The molecule has 0 unspecified atom stereocenters. The number of urea groups is 1. The van der Waals surface area contributed by atoms with Crippen molar-refractivity contribution in [2.24, 2.45) is 7.05 Å². The topological polar surface area (TPSA) is 59.0 Å². The van der Waals surface area contributed by atoms with Gasteiger partial charge in [-0.1, -0.05) is 6.07 Å². The van der Waals surface area contributed by atoms with E-state index in [1.807, 2.05) is 0 Å². The van der Waals surface area contributed by atoms with Gasteiger partial charge in [0.05, 0.1) is 11.8 Å². The lowest BCUT2D eigenvalue weighted by atomic mass is 10.0. The zero-order valence-electron chi connectivity index (χ0n) is 12.7. The van der Waals surface area contributed by atoms with Crippen LogP contribution in [0.3, 0.4) is 0 Å². The van der Waals surface area contributed by atoms with Gasteiger partial charge in [0.15, 0.2) is 0 Å². The molecule has 2 amide bonds. The smallest absolute Gasteiger partial charge is 0.334 e. The fourth-order valence-electron chi connectivity index (χ4n) is 2.05. The number of rotatable bonds is 4. The highest BCUT2D eigenvalue weighted by atomic mass is 19.4. The first-order valence-electron chi connectivity index (χ1n) is 6.91. The Morgan fingerprint density at radius 3 is 2.52 bits per heavy atom. The van der Waals surface area contributed by atoms with Crippen LogP contribution in [0.15, 0.2) is 30.6 Å². The molecule has 1 aromatic carbocycles. The Labute approximate surface area is 131 Å². The van der Waals surface area contributed by atoms with E-state index in [1.165, 1.54) is 6.07 Å². The minimum atomic E-state index is -4.36. The van der Waals surface area contributed by atoms with Crippen molar-refractivity contribution in [2.75, 3.05) is 0 Å². The van der Waals surface area contributed by atoms with Gasteiger partial charge in [0, 0.05) is 31.9 Å². The molecule has 2 rings (SSSR count). The van der Waals surface area contributed by atoms with Gasteiger partial charge in [-0.15, -0.1) is 0 Å². The number of aryl methyl sites for hydroxylation is 2. The third-order valence-electron chi connectivity index (χ3n) is 3.32. The Bertz CT molecular complexity index is 694. The van der Waals surface area contributed by atoms with E-state index in [9.17, 15) is 18.0 Å². The average Bonchev–Trinajstić information content (AvgIpc) is 2.88. The maximum atomic E-state index is 12.6. The molecule has 0 fully saturated rings. The normalized spacial score (nSPS) is 11.3. The summed E-state index contributed by atoms with van der Waals surface area (Å²) in [5.74, 6) is 0. The largest absolute Gasteiger partial charge is 0.416 e. The molecule has 2 N–H and O–H groups in total. The van der Waals surface area contributed by atoms with E-state index in [-0.39, 0.29) is 6.54 Å². The zero-order chi connectivity index (χ0) is 17.0. The first kappa shape index (κ1) is 16.9. The van der Waals surface area contributed by atoms with Gasteiger partial charge >= 0.3 is 12.2 Å². The lowest BCUT2D eigenvalue weighted by molar-refractivity contribution is -0.137. The Morgan fingerprint density at radius 2 is 1.96 bits per heavy atom. The molecule has 0 bridgehead atoms. The van der Waals surface area contributed by atoms with Crippen molar-refractivity contribution in [3.63, 3.8) is 0 Å². The van der Waals surface area contributed by atoms with Crippen molar-refractivity contribution >= 4 is 6.03 Å². The fourth-order valence-corrected chi connectivity index (χ4v) is 2.05. The molecule has 1 aromatic heterocycles. The SMILES string of the molecule is Cc1cc(C(F)(F)F)ccc1CNC(=O)NCc1cnn(C)c1. The van der Waals surface area contributed by atoms with E-state index >= 15 is 0 Å². The summed E-state index contributed by atoms with van der Waals surface area (Å²) < 4.78 is 39.4. The average molecular weight is 326 g/mol. The highest BCUT2D eigenvalue weighted by Crippen LogP contribution is 2.30. The minimum absolute atomic E-state index is 0.156. The van der Waals surface area contributed by atoms with Crippen LogP contribution in [-0.4, -0.2) is 15.8 Å². The summed E-state index contributed by atoms with van der Waals surface area (Å²) in [5, 5.41) is 9.25. The molecule has 124 valence electrons. The Balaban J connectivity index is 1.86. The molecule has 0 aliphatic heterocycles. The predicted octanol–water partition coefficient (Wildman–Crippen LogP) is 2.75. The van der Waals surface area contributed by atoms with E-state index in [0.29, 0.717) is 17.7 Å². The number of nitrogens with zero attached hydrogens (tertiary/aromatic N) is 2. The number of hydrogen-bond acceptors (Lipinski definition) is 2. The van der Waals surface area contributed by atoms with Crippen LogP contribution in [0.25, 0.3) is 0 Å². The molecule has 5 nitrogen and oxygen atoms in total. The molecule has 2 aromatic rings. The number of halogens is 3. The first-order valence-corrected chi connectivity index (χ1v) is 6.91. The zero-order valence-corrected chi connectivity index (χ0v) is 12.7. The van der Waals surface area contributed by atoms with E-state index in [1.54, 1.807) is 31.0 Å². The molecule has 0 saturated carbocycles. The molecular weight excluding hydrogens is 309 g/mol. The minimum Gasteiger partial charge on any atom is -0.334 e. The third kappa shape index (κ3) is 4.73. The van der Waals surface area contributed by atoms with Crippen LogP contribution >= 0.6 is 0 Å². The highest BCUT2D eigenvalue weighted by molar-refractivity contribution is 5.73. The summed E-state index contributed by atoms with van der Waals surface area (Å²) in [5.41, 5.74) is 1.27. The second-order valence-corrected chi connectivity index (χ2v) is 5.20. The standard InChI is InChI=1S/C15H17F3N4O/c1-10-5-13(15(16,17)18)4-3-12(10)8-20-14(23)19-6-11-7-21-22(2)9-11/h3-5,7,9H,6,8H2,1-2H3,(H2,19,20,23). The number of benzene rings is 1. The van der Waals surface area contributed by atoms with Crippen LogP contribution in [0.4, 0.5) is 18.0 Å². The number of hydrogen-bond donors (Lipinski definition) is 2. The van der Waals surface area contributed by atoms with Crippen LogP contribution in [-0.2, 0) is 26.3 Å². The third-order valence-corrected chi connectivity index (χ3v) is 3.32. The van der Waals surface area contributed by atoms with Gasteiger partial charge in [-0.3, -0.25) is 4.68 Å². The predicted molar refractivity (Wildman–Crippen MR) is 78.5 cm³/mol. The molecule has 0 radical (unpaired) electrons. The van der Waals surface area contributed by atoms with Gasteiger partial charge in [0.1, 0.15) is 0 Å². The van der Waals surface area contributed by atoms with Crippen LogP contribution in [0, 0.1) is 6.92 Å². The highest BCUT2D eigenvalue weighted by Gasteiger charge is 2.30. The van der Waals surface area contributed by atoms with Gasteiger partial charge < -0.3 is 10.6 Å². The Hall–Kier alpha value is -2.51. The van der Waals surface area contributed by atoms with Crippen molar-refractivity contribution in [1.82, 2.24) is 20.4 Å². The first-order chi connectivity index (χ1) is 10.8. The van der Waals surface area contributed by atoms with E-state index < -0.39 is 17.8 Å². The number of alkyl halides is 3. The molecule has 1 heterocycles. The molecule has 0 saturated heterocycles. The molecule has 23 heavy (non-hydrogen) atoms. The maximum absolute atomic E-state index is 12.6.